The fourth-order valence-electron chi connectivity index (χ4n) is 2.62. The first-order chi connectivity index (χ1) is 10.8. The van der Waals surface area contributed by atoms with Gasteiger partial charge in [-0.3, -0.25) is 4.79 Å². The van der Waals surface area contributed by atoms with Gasteiger partial charge in [0.05, 0.1) is 0 Å². The Morgan fingerprint density at radius 1 is 0.773 bits per heavy atom. The van der Waals surface area contributed by atoms with Crippen molar-refractivity contribution in [3.63, 3.8) is 0 Å². The highest BCUT2D eigenvalue weighted by atomic mass is 16.1. The molecule has 4 rings (SSSR count). The molecule has 0 unspecified atom stereocenters. The first-order valence-corrected chi connectivity index (χ1v) is 6.90. The molecule has 0 atom stereocenters. The molecule has 4 aromatic rings. The molecule has 7 heteroatoms. The van der Waals surface area contributed by atoms with Crippen LogP contribution < -0.4 is 0 Å². The lowest BCUT2D eigenvalue weighted by atomic mass is 10.0. The summed E-state index contributed by atoms with van der Waals surface area (Å²) >= 11 is 0. The summed E-state index contributed by atoms with van der Waals surface area (Å²) in [5.74, 6) is 0.103. The molecule has 0 spiro atoms. The molecule has 0 amide bonds. The van der Waals surface area contributed by atoms with Crippen molar-refractivity contribution in [2.75, 3.05) is 0 Å². The van der Waals surface area contributed by atoms with Gasteiger partial charge in [0.25, 0.3) is 0 Å². The number of aromatic nitrogens is 6. The number of rotatable bonds is 4. The van der Waals surface area contributed by atoms with Crippen LogP contribution in [0.4, 0.5) is 0 Å². The highest BCUT2D eigenvalue weighted by Crippen LogP contribution is 2.17. The zero-order valence-corrected chi connectivity index (χ0v) is 11.6. The molecule has 0 aliphatic heterocycles. The SMILES string of the molecule is O=C(Cc1cccc2n[nH]nc12)Cc1cccc2n[nH]nc12. The molecule has 0 aliphatic rings. The number of carbonyl (C=O) groups is 1. The Kier molecular flexibility index (Phi) is 2.89. The van der Waals surface area contributed by atoms with Crippen molar-refractivity contribution in [2.24, 2.45) is 0 Å². The third-order valence-corrected chi connectivity index (χ3v) is 3.64. The van der Waals surface area contributed by atoms with Crippen LogP contribution in [-0.4, -0.2) is 36.6 Å². The molecule has 0 aliphatic carbocycles. The summed E-state index contributed by atoms with van der Waals surface area (Å²) in [6, 6.07) is 11.3. The van der Waals surface area contributed by atoms with E-state index in [1.54, 1.807) is 0 Å². The van der Waals surface area contributed by atoms with Gasteiger partial charge >= 0.3 is 0 Å². The van der Waals surface area contributed by atoms with E-state index in [1.807, 2.05) is 36.4 Å². The lowest BCUT2D eigenvalue weighted by molar-refractivity contribution is -0.117. The van der Waals surface area contributed by atoms with Gasteiger partial charge in [-0.05, 0) is 23.3 Å². The van der Waals surface area contributed by atoms with E-state index in [0.717, 1.165) is 33.2 Å². The molecule has 2 aromatic heterocycles. The van der Waals surface area contributed by atoms with Crippen molar-refractivity contribution >= 4 is 27.9 Å². The van der Waals surface area contributed by atoms with Crippen molar-refractivity contribution in [3.05, 3.63) is 47.5 Å². The number of aromatic amines is 2. The molecule has 2 aromatic carbocycles. The number of hydrogen-bond donors (Lipinski definition) is 2. The van der Waals surface area contributed by atoms with Gasteiger partial charge in [-0.25, -0.2) is 0 Å². The van der Waals surface area contributed by atoms with Crippen molar-refractivity contribution in [1.82, 2.24) is 30.8 Å². The van der Waals surface area contributed by atoms with Crippen LogP contribution in [0.1, 0.15) is 11.1 Å². The Labute approximate surface area is 124 Å². The third-order valence-electron chi connectivity index (χ3n) is 3.64. The van der Waals surface area contributed by atoms with Gasteiger partial charge in [0.1, 0.15) is 27.9 Å². The van der Waals surface area contributed by atoms with Crippen LogP contribution in [0.3, 0.4) is 0 Å². The standard InChI is InChI=1S/C15H12N6O/c22-11(7-9-3-1-5-12-14(9)18-20-16-12)8-10-4-2-6-13-15(10)19-21-17-13/h1-6H,7-8H2,(H,16,18,20)(H,17,19,21). The number of hydrogen-bond acceptors (Lipinski definition) is 5. The summed E-state index contributed by atoms with van der Waals surface area (Å²) in [6.45, 7) is 0. The van der Waals surface area contributed by atoms with Gasteiger partial charge in [0, 0.05) is 12.8 Å². The van der Waals surface area contributed by atoms with Gasteiger partial charge in [-0.1, -0.05) is 24.3 Å². The number of fused-ring (bicyclic) bond motifs is 2. The first kappa shape index (κ1) is 12.6. The van der Waals surface area contributed by atoms with Gasteiger partial charge < -0.3 is 0 Å². The molecular formula is C15H12N6O. The van der Waals surface area contributed by atoms with E-state index in [0.29, 0.717) is 12.8 Å². The predicted molar refractivity (Wildman–Crippen MR) is 80.2 cm³/mol. The molecule has 108 valence electrons. The van der Waals surface area contributed by atoms with Gasteiger partial charge in [-0.15, -0.1) is 0 Å². The zero-order valence-electron chi connectivity index (χ0n) is 11.6. The summed E-state index contributed by atoms with van der Waals surface area (Å²) in [5, 5.41) is 21.5. The van der Waals surface area contributed by atoms with Crippen molar-refractivity contribution in [2.45, 2.75) is 12.8 Å². The number of Topliss-reactive ketones (excluding diaryl/α,β-unsaturated/α-hetero) is 1. The van der Waals surface area contributed by atoms with E-state index in [2.05, 4.69) is 30.8 Å². The molecule has 0 saturated carbocycles. The molecule has 0 bridgehead atoms. The molecule has 2 N–H and O–H groups in total. The molecule has 7 nitrogen and oxygen atoms in total. The molecular weight excluding hydrogens is 280 g/mol. The van der Waals surface area contributed by atoms with Crippen LogP contribution in [0.25, 0.3) is 22.1 Å². The molecule has 2 heterocycles. The van der Waals surface area contributed by atoms with Crippen molar-refractivity contribution < 1.29 is 4.79 Å². The highest BCUT2D eigenvalue weighted by molar-refractivity contribution is 5.90. The van der Waals surface area contributed by atoms with Crippen LogP contribution in [0.5, 0.6) is 0 Å². The number of ketones is 1. The van der Waals surface area contributed by atoms with E-state index in [4.69, 9.17) is 0 Å². The minimum absolute atomic E-state index is 0.103. The van der Waals surface area contributed by atoms with E-state index in [9.17, 15) is 4.79 Å². The number of para-hydroxylation sites is 2. The van der Waals surface area contributed by atoms with Crippen LogP contribution >= 0.6 is 0 Å². The maximum absolute atomic E-state index is 12.4. The molecule has 0 fully saturated rings. The summed E-state index contributed by atoms with van der Waals surface area (Å²) in [6.07, 6.45) is 0.635. The minimum Gasteiger partial charge on any atom is -0.299 e. The fourth-order valence-corrected chi connectivity index (χ4v) is 2.62. The monoisotopic (exact) mass is 292 g/mol. The Bertz CT molecular complexity index is 892. The quantitative estimate of drug-likeness (QED) is 0.595. The number of H-pyrrole nitrogens is 2. The van der Waals surface area contributed by atoms with Gasteiger partial charge in [0.2, 0.25) is 0 Å². The maximum Gasteiger partial charge on any atom is 0.141 e. The lowest BCUT2D eigenvalue weighted by Crippen LogP contribution is -2.07. The second-order valence-corrected chi connectivity index (χ2v) is 5.11. The molecule has 22 heavy (non-hydrogen) atoms. The molecule has 0 saturated heterocycles. The van der Waals surface area contributed by atoms with E-state index < -0.39 is 0 Å². The number of nitrogens with zero attached hydrogens (tertiary/aromatic N) is 4. The smallest absolute Gasteiger partial charge is 0.141 e. The fraction of sp³-hybridized carbons (Fsp3) is 0.133. The third kappa shape index (κ3) is 2.12. The average Bonchev–Trinajstić information content (AvgIpc) is 3.16. The van der Waals surface area contributed by atoms with Gasteiger partial charge in [0.15, 0.2) is 0 Å². The predicted octanol–water partition coefficient (Wildman–Crippen LogP) is 1.58. The Hall–Kier alpha value is -3.09. The van der Waals surface area contributed by atoms with E-state index in [-0.39, 0.29) is 5.78 Å². The normalized spacial score (nSPS) is 11.3. The Balaban J connectivity index is 1.60. The van der Waals surface area contributed by atoms with Crippen LogP contribution in [0.15, 0.2) is 36.4 Å². The molecule has 0 radical (unpaired) electrons. The average molecular weight is 292 g/mol. The van der Waals surface area contributed by atoms with Crippen LogP contribution in [0, 0.1) is 0 Å². The lowest BCUT2D eigenvalue weighted by Gasteiger charge is -2.03. The summed E-state index contributed by atoms with van der Waals surface area (Å²) in [4.78, 5) is 12.4. The maximum atomic E-state index is 12.4. The number of carbonyl (C=O) groups excluding carboxylic acids is 1. The largest absolute Gasteiger partial charge is 0.299 e. The number of nitrogens with one attached hydrogen (secondary N) is 2. The second kappa shape index (κ2) is 5.03. The summed E-state index contributed by atoms with van der Waals surface area (Å²) in [5.41, 5.74) is 4.78. The Morgan fingerprint density at radius 3 is 1.77 bits per heavy atom. The minimum atomic E-state index is 0.103. The van der Waals surface area contributed by atoms with Gasteiger partial charge in [-0.2, -0.15) is 30.8 Å². The van der Waals surface area contributed by atoms with Crippen LogP contribution in [-0.2, 0) is 17.6 Å². The number of benzene rings is 2. The first-order valence-electron chi connectivity index (χ1n) is 6.90. The van der Waals surface area contributed by atoms with Crippen molar-refractivity contribution in [3.8, 4) is 0 Å². The topological polar surface area (TPSA) is 100 Å². The highest BCUT2D eigenvalue weighted by Gasteiger charge is 2.13. The summed E-state index contributed by atoms with van der Waals surface area (Å²) < 4.78 is 0. The van der Waals surface area contributed by atoms with E-state index in [1.165, 1.54) is 0 Å². The van der Waals surface area contributed by atoms with Crippen LogP contribution in [0.2, 0.25) is 0 Å². The Morgan fingerprint density at radius 2 is 1.27 bits per heavy atom. The zero-order chi connectivity index (χ0) is 14.9. The second-order valence-electron chi connectivity index (χ2n) is 5.11. The van der Waals surface area contributed by atoms with E-state index >= 15 is 0 Å². The van der Waals surface area contributed by atoms with Crippen molar-refractivity contribution in [1.29, 1.82) is 0 Å². The summed E-state index contributed by atoms with van der Waals surface area (Å²) in [7, 11) is 0.